The molecule has 0 unspecified atom stereocenters. The number of amides is 1. The second kappa shape index (κ2) is 5.51. The first kappa shape index (κ1) is 16.1. The maximum atomic E-state index is 12.8. The van der Waals surface area contributed by atoms with Crippen LogP contribution < -0.4 is 0 Å². The second-order valence-corrected chi connectivity index (χ2v) is 5.85. The van der Waals surface area contributed by atoms with Gasteiger partial charge in [0.25, 0.3) is 5.91 Å². The molecule has 0 aromatic carbocycles. The summed E-state index contributed by atoms with van der Waals surface area (Å²) in [6.07, 6.45) is -2.01. The molecule has 0 radical (unpaired) electrons. The predicted molar refractivity (Wildman–Crippen MR) is 72.2 cm³/mol. The lowest BCUT2D eigenvalue weighted by molar-refractivity contribution is -0.141. The van der Waals surface area contributed by atoms with Gasteiger partial charge in [-0.25, -0.2) is 0 Å². The molecule has 2 atom stereocenters. The highest BCUT2D eigenvalue weighted by atomic mass is 35.5. The molecule has 1 aromatic rings. The number of piperidine rings is 1. The molecular weight excluding hydrogens is 307 g/mol. The molecule has 0 spiro atoms. The van der Waals surface area contributed by atoms with Crippen LogP contribution in [0.3, 0.4) is 0 Å². The normalized spacial score (nSPS) is 23.5. The minimum Gasteiger partial charge on any atom is -0.332 e. The van der Waals surface area contributed by atoms with E-state index in [1.165, 1.54) is 7.05 Å². The standard InChI is InChI=1S/C13H17ClF3N3O/c1-7-5-4-6-8(2)20(7)12(21)10-9(14)11(13(15,16)17)18-19(10)3/h7-8H,4-6H2,1-3H3/t7-,8-/m0/s1. The molecule has 21 heavy (non-hydrogen) atoms. The van der Waals surface area contributed by atoms with Gasteiger partial charge in [0.2, 0.25) is 0 Å². The molecule has 0 bridgehead atoms. The van der Waals surface area contributed by atoms with E-state index in [4.69, 9.17) is 11.6 Å². The third kappa shape index (κ3) is 2.88. The third-order valence-electron chi connectivity index (χ3n) is 3.89. The number of halogens is 4. The molecule has 1 amide bonds. The summed E-state index contributed by atoms with van der Waals surface area (Å²) in [7, 11) is 1.30. The molecule has 1 aromatic heterocycles. The molecule has 4 nitrogen and oxygen atoms in total. The SMILES string of the molecule is C[C@H]1CCC[C@H](C)N1C(=O)c1c(Cl)c(C(F)(F)F)nn1C. The Morgan fingerprint density at radius 2 is 1.81 bits per heavy atom. The summed E-state index contributed by atoms with van der Waals surface area (Å²) in [6.45, 7) is 3.78. The fourth-order valence-corrected chi connectivity index (χ4v) is 3.20. The van der Waals surface area contributed by atoms with Crippen molar-refractivity contribution in [1.82, 2.24) is 14.7 Å². The zero-order valence-electron chi connectivity index (χ0n) is 12.0. The van der Waals surface area contributed by atoms with Crippen molar-refractivity contribution in [2.24, 2.45) is 7.05 Å². The van der Waals surface area contributed by atoms with Gasteiger partial charge in [0, 0.05) is 19.1 Å². The minimum atomic E-state index is -4.67. The molecular formula is C13H17ClF3N3O. The molecule has 118 valence electrons. The maximum absolute atomic E-state index is 12.8. The molecule has 2 rings (SSSR count). The molecule has 0 aliphatic carbocycles. The van der Waals surface area contributed by atoms with Crippen LogP contribution in [0.25, 0.3) is 0 Å². The van der Waals surface area contributed by atoms with Crippen LogP contribution in [-0.2, 0) is 13.2 Å². The van der Waals surface area contributed by atoms with Gasteiger partial charge >= 0.3 is 6.18 Å². The molecule has 0 N–H and O–H groups in total. The van der Waals surface area contributed by atoms with E-state index in [-0.39, 0.29) is 17.8 Å². The van der Waals surface area contributed by atoms with Gasteiger partial charge in [-0.15, -0.1) is 0 Å². The van der Waals surface area contributed by atoms with Gasteiger partial charge < -0.3 is 4.90 Å². The van der Waals surface area contributed by atoms with E-state index in [0.29, 0.717) is 0 Å². The number of likely N-dealkylation sites (tertiary alicyclic amines) is 1. The van der Waals surface area contributed by atoms with Gasteiger partial charge in [-0.3, -0.25) is 9.48 Å². The van der Waals surface area contributed by atoms with Gasteiger partial charge in [-0.05, 0) is 33.1 Å². The lowest BCUT2D eigenvalue weighted by Gasteiger charge is -2.39. The van der Waals surface area contributed by atoms with Crippen LogP contribution >= 0.6 is 11.6 Å². The lowest BCUT2D eigenvalue weighted by Crippen LogP contribution is -2.48. The van der Waals surface area contributed by atoms with E-state index in [2.05, 4.69) is 5.10 Å². The van der Waals surface area contributed by atoms with Crippen LogP contribution in [0, 0.1) is 0 Å². The van der Waals surface area contributed by atoms with Crippen molar-refractivity contribution in [3.63, 3.8) is 0 Å². The number of hydrogen-bond acceptors (Lipinski definition) is 2. The van der Waals surface area contributed by atoms with Gasteiger partial charge in [0.05, 0.1) is 0 Å². The summed E-state index contributed by atoms with van der Waals surface area (Å²) in [5.41, 5.74) is -1.42. The smallest absolute Gasteiger partial charge is 0.332 e. The molecule has 8 heteroatoms. The first-order chi connectivity index (χ1) is 9.64. The number of carbonyl (C=O) groups excluding carboxylic acids is 1. The predicted octanol–water partition coefficient (Wildman–Crippen LogP) is 3.50. The number of aromatic nitrogens is 2. The van der Waals surface area contributed by atoms with Crippen molar-refractivity contribution in [3.8, 4) is 0 Å². The first-order valence-corrected chi connectivity index (χ1v) is 7.14. The van der Waals surface area contributed by atoms with E-state index in [1.54, 1.807) is 4.90 Å². The van der Waals surface area contributed by atoms with Crippen LogP contribution in [0.1, 0.15) is 49.3 Å². The minimum absolute atomic E-state index is 0.0263. The zero-order valence-corrected chi connectivity index (χ0v) is 12.8. The van der Waals surface area contributed by atoms with Crippen LogP contribution in [0.5, 0.6) is 0 Å². The van der Waals surface area contributed by atoms with E-state index in [1.807, 2.05) is 13.8 Å². The quantitative estimate of drug-likeness (QED) is 0.793. The number of alkyl halides is 3. The Hall–Kier alpha value is -1.24. The molecule has 1 aliphatic heterocycles. The van der Waals surface area contributed by atoms with Gasteiger partial charge in [0.15, 0.2) is 5.69 Å². The van der Waals surface area contributed by atoms with Crippen molar-refractivity contribution in [1.29, 1.82) is 0 Å². The number of nitrogens with zero attached hydrogens (tertiary/aromatic N) is 3. The number of hydrogen-bond donors (Lipinski definition) is 0. The van der Waals surface area contributed by atoms with Crippen LogP contribution in [0.4, 0.5) is 13.2 Å². The highest BCUT2D eigenvalue weighted by Gasteiger charge is 2.41. The Morgan fingerprint density at radius 3 is 2.24 bits per heavy atom. The van der Waals surface area contributed by atoms with Gasteiger partial charge in [0.1, 0.15) is 10.7 Å². The summed E-state index contributed by atoms with van der Waals surface area (Å²) >= 11 is 5.77. The summed E-state index contributed by atoms with van der Waals surface area (Å²) < 4.78 is 39.4. The summed E-state index contributed by atoms with van der Waals surface area (Å²) in [4.78, 5) is 14.2. The van der Waals surface area contributed by atoms with Gasteiger partial charge in [-0.2, -0.15) is 18.3 Å². The molecule has 1 saturated heterocycles. The Bertz CT molecular complexity index is 546. The van der Waals surface area contributed by atoms with Crippen LogP contribution in [0.15, 0.2) is 0 Å². The second-order valence-electron chi connectivity index (χ2n) is 5.47. The number of carbonyl (C=O) groups is 1. The summed E-state index contributed by atoms with van der Waals surface area (Å²) in [5, 5.41) is 2.73. The number of aryl methyl sites for hydroxylation is 1. The Balaban J connectivity index is 2.42. The highest BCUT2D eigenvalue weighted by molar-refractivity contribution is 6.34. The summed E-state index contributed by atoms with van der Waals surface area (Å²) in [6, 6.07) is -0.0527. The van der Waals surface area contributed by atoms with Crippen molar-refractivity contribution >= 4 is 17.5 Å². The van der Waals surface area contributed by atoms with E-state index >= 15 is 0 Å². The van der Waals surface area contributed by atoms with Crippen molar-refractivity contribution < 1.29 is 18.0 Å². The largest absolute Gasteiger partial charge is 0.436 e. The lowest BCUT2D eigenvalue weighted by atomic mass is 9.97. The fourth-order valence-electron chi connectivity index (χ4n) is 2.86. The third-order valence-corrected chi connectivity index (χ3v) is 4.25. The van der Waals surface area contributed by atoms with E-state index < -0.39 is 22.8 Å². The Labute approximate surface area is 125 Å². The van der Waals surface area contributed by atoms with Crippen molar-refractivity contribution in [2.45, 2.75) is 51.4 Å². The monoisotopic (exact) mass is 323 g/mol. The van der Waals surface area contributed by atoms with E-state index in [9.17, 15) is 18.0 Å². The van der Waals surface area contributed by atoms with Gasteiger partial charge in [-0.1, -0.05) is 11.6 Å². The molecule has 2 heterocycles. The fraction of sp³-hybridized carbons (Fsp3) is 0.692. The zero-order chi connectivity index (χ0) is 15.9. The highest BCUT2D eigenvalue weighted by Crippen LogP contribution is 2.36. The molecule has 1 aliphatic rings. The van der Waals surface area contributed by atoms with Crippen LogP contribution in [0.2, 0.25) is 5.02 Å². The Kier molecular flexibility index (Phi) is 4.24. The first-order valence-electron chi connectivity index (χ1n) is 6.77. The average molecular weight is 324 g/mol. The Morgan fingerprint density at radius 1 is 1.29 bits per heavy atom. The molecule has 1 fully saturated rings. The number of rotatable bonds is 1. The molecule has 0 saturated carbocycles. The average Bonchev–Trinajstić information content (AvgIpc) is 2.64. The van der Waals surface area contributed by atoms with Crippen molar-refractivity contribution in [2.75, 3.05) is 0 Å². The van der Waals surface area contributed by atoms with Crippen molar-refractivity contribution in [3.05, 3.63) is 16.4 Å². The van der Waals surface area contributed by atoms with Crippen LogP contribution in [-0.4, -0.2) is 32.7 Å². The van der Waals surface area contributed by atoms with E-state index in [0.717, 1.165) is 23.9 Å². The summed E-state index contributed by atoms with van der Waals surface area (Å²) in [5.74, 6) is -0.495. The maximum Gasteiger partial charge on any atom is 0.436 e. The topological polar surface area (TPSA) is 38.1 Å².